The lowest BCUT2D eigenvalue weighted by Gasteiger charge is -2.15. The summed E-state index contributed by atoms with van der Waals surface area (Å²) in [5.74, 6) is 1.86. The summed E-state index contributed by atoms with van der Waals surface area (Å²) in [5.41, 5.74) is 14.0. The number of methoxy groups -OCH3 is 3. The van der Waals surface area contributed by atoms with Crippen LogP contribution in [-0.4, -0.2) is 32.1 Å². The molecule has 0 amide bonds. The summed E-state index contributed by atoms with van der Waals surface area (Å²) in [6.45, 7) is 6.04. The number of nitrogen functional groups attached to an aromatic ring is 1. The molecule has 5 aromatic rings. The van der Waals surface area contributed by atoms with E-state index in [-0.39, 0.29) is 5.78 Å². The Hall–Kier alpha value is -4.07. The minimum atomic E-state index is -0.180. The van der Waals surface area contributed by atoms with Gasteiger partial charge in [0.1, 0.15) is 15.5 Å². The standard InChI is InChI=1S/C32H29ClN2O4S/c1-16-11-21(14-25(37-4)18(16)3)24-15-23(20-12-17(2)30(39-6)26(13-20)38-5)27-28(34)31(40-32(27)35-24)29(36)19-7-9-22(33)10-8-19/h7-15H,34H2,1-6H3. The highest BCUT2D eigenvalue weighted by atomic mass is 35.5. The molecule has 0 saturated carbocycles. The van der Waals surface area contributed by atoms with E-state index in [1.54, 1.807) is 45.6 Å². The predicted octanol–water partition coefficient (Wildman–Crippen LogP) is 8.05. The van der Waals surface area contributed by atoms with Crippen molar-refractivity contribution >= 4 is 44.6 Å². The van der Waals surface area contributed by atoms with Gasteiger partial charge >= 0.3 is 0 Å². The Labute approximate surface area is 242 Å². The zero-order valence-corrected chi connectivity index (χ0v) is 24.7. The lowest BCUT2D eigenvalue weighted by Crippen LogP contribution is -2.02. The molecular weight excluding hydrogens is 544 g/mol. The molecular formula is C32H29ClN2O4S. The molecule has 3 aromatic carbocycles. The summed E-state index contributed by atoms with van der Waals surface area (Å²) in [5, 5.41) is 1.27. The Morgan fingerprint density at radius 3 is 2.15 bits per heavy atom. The molecule has 5 rings (SSSR count). The average Bonchev–Trinajstić information content (AvgIpc) is 3.29. The number of hydrogen-bond acceptors (Lipinski definition) is 7. The number of thiophene rings is 1. The first kappa shape index (κ1) is 27.5. The number of nitrogens with two attached hydrogens (primary N) is 1. The minimum Gasteiger partial charge on any atom is -0.496 e. The number of pyridine rings is 1. The number of ether oxygens (including phenoxy) is 3. The highest BCUT2D eigenvalue weighted by Gasteiger charge is 2.24. The molecule has 0 aliphatic heterocycles. The van der Waals surface area contributed by atoms with Crippen LogP contribution in [0.15, 0.2) is 54.6 Å². The first-order valence-corrected chi connectivity index (χ1v) is 13.8. The van der Waals surface area contributed by atoms with Crippen molar-refractivity contribution in [2.75, 3.05) is 27.1 Å². The molecule has 0 atom stereocenters. The van der Waals surface area contributed by atoms with Crippen LogP contribution >= 0.6 is 22.9 Å². The molecule has 2 aromatic heterocycles. The van der Waals surface area contributed by atoms with Gasteiger partial charge in [-0.15, -0.1) is 11.3 Å². The molecule has 0 fully saturated rings. The van der Waals surface area contributed by atoms with E-state index in [1.165, 1.54) is 11.3 Å². The normalized spacial score (nSPS) is 11.1. The van der Waals surface area contributed by atoms with E-state index in [1.807, 2.05) is 45.0 Å². The summed E-state index contributed by atoms with van der Waals surface area (Å²) in [6, 6.07) is 16.8. The lowest BCUT2D eigenvalue weighted by atomic mass is 9.96. The first-order valence-electron chi connectivity index (χ1n) is 12.6. The topological polar surface area (TPSA) is 83.7 Å². The molecule has 204 valence electrons. The van der Waals surface area contributed by atoms with Crippen LogP contribution in [0.5, 0.6) is 17.2 Å². The number of nitrogens with zero attached hydrogens (tertiary/aromatic N) is 1. The quantitative estimate of drug-likeness (QED) is 0.199. The zero-order chi connectivity index (χ0) is 28.7. The molecule has 0 radical (unpaired) electrons. The maximum Gasteiger partial charge on any atom is 0.205 e. The number of halogens is 1. The van der Waals surface area contributed by atoms with Crippen molar-refractivity contribution in [1.82, 2.24) is 4.98 Å². The summed E-state index contributed by atoms with van der Waals surface area (Å²) in [6.07, 6.45) is 0. The Bertz CT molecular complexity index is 1780. The fraction of sp³-hybridized carbons (Fsp3) is 0.188. The van der Waals surface area contributed by atoms with Crippen molar-refractivity contribution in [3.05, 3.63) is 86.8 Å². The second-order valence-corrected chi connectivity index (χ2v) is 11.0. The number of fused-ring (bicyclic) bond motifs is 1. The van der Waals surface area contributed by atoms with Gasteiger partial charge in [0.25, 0.3) is 0 Å². The van der Waals surface area contributed by atoms with Crippen LogP contribution in [-0.2, 0) is 0 Å². The fourth-order valence-electron chi connectivity index (χ4n) is 4.89. The van der Waals surface area contributed by atoms with Crippen molar-refractivity contribution in [1.29, 1.82) is 0 Å². The number of anilines is 1. The number of hydrogen-bond donors (Lipinski definition) is 1. The molecule has 0 spiro atoms. The van der Waals surface area contributed by atoms with Crippen LogP contribution in [0.25, 0.3) is 32.6 Å². The number of rotatable bonds is 7. The monoisotopic (exact) mass is 572 g/mol. The summed E-state index contributed by atoms with van der Waals surface area (Å²) in [7, 11) is 4.89. The van der Waals surface area contributed by atoms with Crippen LogP contribution in [0.1, 0.15) is 31.9 Å². The van der Waals surface area contributed by atoms with E-state index in [0.717, 1.165) is 44.8 Å². The molecule has 0 aliphatic rings. The van der Waals surface area contributed by atoms with Crippen LogP contribution in [0.4, 0.5) is 5.69 Å². The fourth-order valence-corrected chi connectivity index (χ4v) is 6.10. The maximum absolute atomic E-state index is 13.6. The van der Waals surface area contributed by atoms with E-state index in [9.17, 15) is 4.79 Å². The largest absolute Gasteiger partial charge is 0.496 e. The summed E-state index contributed by atoms with van der Waals surface area (Å²) < 4.78 is 16.9. The predicted molar refractivity (Wildman–Crippen MR) is 164 cm³/mol. The molecule has 2 heterocycles. The van der Waals surface area contributed by atoms with Gasteiger partial charge in [0.2, 0.25) is 5.78 Å². The van der Waals surface area contributed by atoms with E-state index < -0.39 is 0 Å². The Morgan fingerprint density at radius 1 is 0.850 bits per heavy atom. The van der Waals surface area contributed by atoms with Crippen LogP contribution in [0.3, 0.4) is 0 Å². The van der Waals surface area contributed by atoms with E-state index in [2.05, 4.69) is 6.07 Å². The van der Waals surface area contributed by atoms with Gasteiger partial charge in [0, 0.05) is 21.5 Å². The van der Waals surface area contributed by atoms with Gasteiger partial charge < -0.3 is 19.9 Å². The maximum atomic E-state index is 13.6. The molecule has 0 bridgehead atoms. The van der Waals surface area contributed by atoms with Gasteiger partial charge in [-0.1, -0.05) is 11.6 Å². The molecule has 2 N–H and O–H groups in total. The third kappa shape index (κ3) is 4.76. The second kappa shape index (κ2) is 10.8. The van der Waals surface area contributed by atoms with Gasteiger partial charge in [0.15, 0.2) is 11.5 Å². The van der Waals surface area contributed by atoms with E-state index in [0.29, 0.717) is 42.9 Å². The van der Waals surface area contributed by atoms with Crippen molar-refractivity contribution in [2.24, 2.45) is 0 Å². The number of carbonyl (C=O) groups is 1. The smallest absolute Gasteiger partial charge is 0.205 e. The van der Waals surface area contributed by atoms with Crippen molar-refractivity contribution in [3.8, 4) is 39.6 Å². The Morgan fingerprint density at radius 2 is 1.50 bits per heavy atom. The van der Waals surface area contributed by atoms with Gasteiger partial charge in [-0.05, 0) is 103 Å². The van der Waals surface area contributed by atoms with Crippen LogP contribution < -0.4 is 19.9 Å². The van der Waals surface area contributed by atoms with Crippen molar-refractivity contribution in [3.63, 3.8) is 0 Å². The SMILES string of the molecule is COc1cc(-c2cc(-c3cc(C)c(OC)c(OC)c3)c3c(N)c(C(=O)c4ccc(Cl)cc4)sc3n2)cc(C)c1C. The summed E-state index contributed by atoms with van der Waals surface area (Å²) in [4.78, 5) is 19.7. The Kier molecular flexibility index (Phi) is 7.45. The molecule has 0 saturated heterocycles. The van der Waals surface area contributed by atoms with Crippen LogP contribution in [0.2, 0.25) is 5.02 Å². The van der Waals surface area contributed by atoms with Crippen molar-refractivity contribution < 1.29 is 19.0 Å². The van der Waals surface area contributed by atoms with E-state index in [4.69, 9.17) is 36.5 Å². The first-order chi connectivity index (χ1) is 19.2. The number of aryl methyl sites for hydroxylation is 2. The number of ketones is 1. The lowest BCUT2D eigenvalue weighted by molar-refractivity contribution is 0.104. The molecule has 8 heteroatoms. The van der Waals surface area contributed by atoms with Gasteiger partial charge in [-0.2, -0.15) is 0 Å². The van der Waals surface area contributed by atoms with Gasteiger partial charge in [-0.25, -0.2) is 4.98 Å². The summed E-state index contributed by atoms with van der Waals surface area (Å²) >= 11 is 7.33. The number of carbonyl (C=O) groups excluding carboxylic acids is 1. The molecule has 6 nitrogen and oxygen atoms in total. The minimum absolute atomic E-state index is 0.180. The highest BCUT2D eigenvalue weighted by Crippen LogP contribution is 2.45. The van der Waals surface area contributed by atoms with E-state index >= 15 is 0 Å². The van der Waals surface area contributed by atoms with Gasteiger partial charge in [0.05, 0.1) is 32.7 Å². The second-order valence-electron chi connectivity index (χ2n) is 9.57. The van der Waals surface area contributed by atoms with Crippen molar-refractivity contribution in [2.45, 2.75) is 20.8 Å². The van der Waals surface area contributed by atoms with Crippen LogP contribution in [0, 0.1) is 20.8 Å². The van der Waals surface area contributed by atoms with Gasteiger partial charge in [-0.3, -0.25) is 4.79 Å². The third-order valence-corrected chi connectivity index (χ3v) is 8.47. The highest BCUT2D eigenvalue weighted by molar-refractivity contribution is 7.21. The Balaban J connectivity index is 1.81. The third-order valence-electron chi connectivity index (χ3n) is 7.12. The number of aromatic nitrogens is 1. The average molecular weight is 573 g/mol. The molecule has 40 heavy (non-hydrogen) atoms. The molecule has 0 aliphatic carbocycles. The zero-order valence-electron chi connectivity index (χ0n) is 23.1. The number of benzene rings is 3. The molecule has 0 unspecified atom stereocenters.